The molecule has 0 aliphatic heterocycles. The van der Waals surface area contributed by atoms with Crippen molar-refractivity contribution in [1.82, 2.24) is 5.16 Å². The van der Waals surface area contributed by atoms with E-state index >= 15 is 0 Å². The van der Waals surface area contributed by atoms with Crippen LogP contribution in [0.1, 0.15) is 28.2 Å². The zero-order valence-corrected chi connectivity index (χ0v) is 7.09. The fourth-order valence-electron chi connectivity index (χ4n) is 1.53. The van der Waals surface area contributed by atoms with Crippen molar-refractivity contribution in [2.45, 2.75) is 25.2 Å². The number of carbonyl (C=O) groups is 1. The fourth-order valence-corrected chi connectivity index (χ4v) is 1.53. The third-order valence-electron chi connectivity index (χ3n) is 2.23. The van der Waals surface area contributed by atoms with Gasteiger partial charge in [-0.2, -0.15) is 0 Å². The lowest BCUT2D eigenvalue weighted by Gasteiger charge is -2.19. The molecule has 0 aromatic carbocycles. The van der Waals surface area contributed by atoms with Gasteiger partial charge in [-0.15, -0.1) is 0 Å². The second-order valence-corrected chi connectivity index (χ2v) is 3.27. The summed E-state index contributed by atoms with van der Waals surface area (Å²) in [5.41, 5.74) is -0.354. The summed E-state index contributed by atoms with van der Waals surface area (Å²) in [6.45, 7) is 0. The molecule has 0 radical (unpaired) electrons. The number of halogens is 2. The van der Waals surface area contributed by atoms with Crippen molar-refractivity contribution in [3.63, 3.8) is 0 Å². The minimum Gasteiger partial charge on any atom is -0.476 e. The predicted octanol–water partition coefficient (Wildman–Crippen LogP) is 1.50. The number of fused-ring (bicyclic) bond motifs is 1. The first-order valence-corrected chi connectivity index (χ1v) is 4.08. The molecule has 14 heavy (non-hydrogen) atoms. The van der Waals surface area contributed by atoms with Gasteiger partial charge in [0.15, 0.2) is 5.69 Å². The van der Waals surface area contributed by atoms with Gasteiger partial charge in [-0.05, 0) is 0 Å². The van der Waals surface area contributed by atoms with Gasteiger partial charge in [-0.25, -0.2) is 13.6 Å². The Balaban J connectivity index is 2.42. The molecule has 1 aromatic rings. The third-order valence-corrected chi connectivity index (χ3v) is 2.23. The molecule has 2 rings (SSSR count). The van der Waals surface area contributed by atoms with Crippen LogP contribution in [0.25, 0.3) is 0 Å². The summed E-state index contributed by atoms with van der Waals surface area (Å²) in [7, 11) is 0. The first-order valence-electron chi connectivity index (χ1n) is 4.08. The highest BCUT2D eigenvalue weighted by Crippen LogP contribution is 2.34. The topological polar surface area (TPSA) is 63.3 Å². The smallest absolute Gasteiger partial charge is 0.358 e. The minimum atomic E-state index is -2.84. The maximum atomic E-state index is 12.9. The predicted molar refractivity (Wildman–Crippen MR) is 40.4 cm³/mol. The van der Waals surface area contributed by atoms with Crippen molar-refractivity contribution in [1.29, 1.82) is 0 Å². The van der Waals surface area contributed by atoms with Gasteiger partial charge >= 0.3 is 5.97 Å². The monoisotopic (exact) mass is 203 g/mol. The number of aryl methyl sites for hydroxylation is 1. The van der Waals surface area contributed by atoms with Crippen LogP contribution in [0.2, 0.25) is 0 Å². The Morgan fingerprint density at radius 3 is 2.93 bits per heavy atom. The molecule has 0 amide bonds. The average molecular weight is 203 g/mol. The number of hydrogen-bond acceptors (Lipinski definition) is 3. The van der Waals surface area contributed by atoms with Crippen LogP contribution in [0.5, 0.6) is 0 Å². The summed E-state index contributed by atoms with van der Waals surface area (Å²) in [5, 5.41) is 11.9. The Labute approximate surface area is 77.5 Å². The SMILES string of the molecule is O=C(O)c1noc2c1CC(F)(F)CC2. The summed E-state index contributed by atoms with van der Waals surface area (Å²) in [5.74, 6) is -3.90. The molecule has 0 spiro atoms. The molecule has 1 N–H and O–H groups in total. The number of aromatic nitrogens is 1. The number of nitrogens with zero attached hydrogens (tertiary/aromatic N) is 1. The molecule has 4 nitrogen and oxygen atoms in total. The van der Waals surface area contributed by atoms with E-state index in [1.165, 1.54) is 0 Å². The summed E-state index contributed by atoms with van der Waals surface area (Å²) < 4.78 is 30.6. The Kier molecular flexibility index (Phi) is 1.80. The first kappa shape index (κ1) is 9.11. The molecule has 1 aromatic heterocycles. The van der Waals surface area contributed by atoms with E-state index in [2.05, 4.69) is 9.68 Å². The maximum Gasteiger partial charge on any atom is 0.358 e. The first-order chi connectivity index (χ1) is 6.49. The molecule has 1 heterocycles. The molecule has 0 bridgehead atoms. The van der Waals surface area contributed by atoms with Gasteiger partial charge in [0.05, 0.1) is 0 Å². The van der Waals surface area contributed by atoms with E-state index in [1.807, 2.05) is 0 Å². The quantitative estimate of drug-likeness (QED) is 0.751. The molecule has 0 fully saturated rings. The molecule has 1 aliphatic rings. The van der Waals surface area contributed by atoms with Gasteiger partial charge in [0, 0.05) is 24.8 Å². The number of carboxylic acid groups (broad SMARTS) is 1. The molecule has 0 atom stereocenters. The van der Waals surface area contributed by atoms with Gasteiger partial charge in [-0.3, -0.25) is 0 Å². The zero-order valence-electron chi connectivity index (χ0n) is 7.09. The molecular formula is C8H7F2NO3. The minimum absolute atomic E-state index is 0.0359. The number of carboxylic acids is 1. The third kappa shape index (κ3) is 1.36. The van der Waals surface area contributed by atoms with Crippen molar-refractivity contribution >= 4 is 5.97 Å². The number of rotatable bonds is 1. The molecular weight excluding hydrogens is 196 g/mol. The van der Waals surface area contributed by atoms with Crippen LogP contribution in [0.4, 0.5) is 8.78 Å². The number of aromatic carboxylic acids is 1. The highest BCUT2D eigenvalue weighted by Gasteiger charge is 2.39. The van der Waals surface area contributed by atoms with Gasteiger partial charge < -0.3 is 9.63 Å². The maximum absolute atomic E-state index is 12.9. The second kappa shape index (κ2) is 2.76. The summed E-state index contributed by atoms with van der Waals surface area (Å²) in [6, 6.07) is 0. The van der Waals surface area contributed by atoms with Crippen LogP contribution >= 0.6 is 0 Å². The van der Waals surface area contributed by atoms with E-state index in [0.717, 1.165) is 0 Å². The summed E-state index contributed by atoms with van der Waals surface area (Å²) in [4.78, 5) is 10.6. The van der Waals surface area contributed by atoms with Crippen LogP contribution in [-0.2, 0) is 12.8 Å². The lowest BCUT2D eigenvalue weighted by atomic mass is 9.93. The molecule has 1 aliphatic carbocycles. The van der Waals surface area contributed by atoms with E-state index in [-0.39, 0.29) is 29.9 Å². The molecule has 76 valence electrons. The van der Waals surface area contributed by atoms with Crippen molar-refractivity contribution < 1.29 is 23.2 Å². The van der Waals surface area contributed by atoms with Gasteiger partial charge in [0.2, 0.25) is 0 Å². The Bertz CT molecular complexity index is 386. The number of hydrogen-bond donors (Lipinski definition) is 1. The average Bonchev–Trinajstić information content (AvgIpc) is 2.44. The largest absolute Gasteiger partial charge is 0.476 e. The van der Waals surface area contributed by atoms with Gasteiger partial charge in [0.25, 0.3) is 5.92 Å². The van der Waals surface area contributed by atoms with E-state index in [1.54, 1.807) is 0 Å². The van der Waals surface area contributed by atoms with E-state index < -0.39 is 18.3 Å². The standard InChI is InChI=1S/C8H7F2NO3/c9-8(10)2-1-5-4(3-8)6(7(12)13)11-14-5/h1-3H2,(H,12,13). The lowest BCUT2D eigenvalue weighted by molar-refractivity contribution is -0.0147. The van der Waals surface area contributed by atoms with Crippen molar-refractivity contribution in [3.8, 4) is 0 Å². The van der Waals surface area contributed by atoms with E-state index in [4.69, 9.17) is 5.11 Å². The Hall–Kier alpha value is -1.46. The van der Waals surface area contributed by atoms with Gasteiger partial charge in [-0.1, -0.05) is 5.16 Å². The van der Waals surface area contributed by atoms with Crippen LogP contribution in [0.3, 0.4) is 0 Å². The van der Waals surface area contributed by atoms with Crippen LogP contribution in [-0.4, -0.2) is 22.2 Å². The highest BCUT2D eigenvalue weighted by atomic mass is 19.3. The van der Waals surface area contributed by atoms with Crippen LogP contribution in [0, 0.1) is 0 Å². The summed E-state index contributed by atoms with van der Waals surface area (Å²) in [6.07, 6.45) is -0.857. The number of alkyl halides is 2. The van der Waals surface area contributed by atoms with Crippen molar-refractivity contribution in [2.24, 2.45) is 0 Å². The highest BCUT2D eigenvalue weighted by molar-refractivity contribution is 5.87. The normalized spacial score (nSPS) is 19.0. The lowest BCUT2D eigenvalue weighted by Crippen LogP contribution is -2.26. The molecule has 0 saturated heterocycles. The van der Waals surface area contributed by atoms with Gasteiger partial charge in [0.1, 0.15) is 5.76 Å². The molecule has 6 heteroatoms. The van der Waals surface area contributed by atoms with Crippen molar-refractivity contribution in [2.75, 3.05) is 0 Å². The molecule has 0 unspecified atom stereocenters. The fraction of sp³-hybridized carbons (Fsp3) is 0.500. The van der Waals surface area contributed by atoms with E-state index in [0.29, 0.717) is 0 Å². The van der Waals surface area contributed by atoms with Crippen LogP contribution in [0.15, 0.2) is 4.52 Å². The zero-order chi connectivity index (χ0) is 10.3. The summed E-state index contributed by atoms with van der Waals surface area (Å²) >= 11 is 0. The Morgan fingerprint density at radius 1 is 1.57 bits per heavy atom. The second-order valence-electron chi connectivity index (χ2n) is 3.27. The Morgan fingerprint density at radius 2 is 2.29 bits per heavy atom. The van der Waals surface area contributed by atoms with Crippen molar-refractivity contribution in [3.05, 3.63) is 17.0 Å². The van der Waals surface area contributed by atoms with E-state index in [9.17, 15) is 13.6 Å². The van der Waals surface area contributed by atoms with Crippen LogP contribution < -0.4 is 0 Å². The molecule has 0 saturated carbocycles.